The van der Waals surface area contributed by atoms with E-state index in [1.807, 2.05) is 18.2 Å². The lowest BCUT2D eigenvalue weighted by Gasteiger charge is -2.28. The molecule has 2 rings (SSSR count). The number of hydrogen-bond donors (Lipinski definition) is 1. The van der Waals surface area contributed by atoms with Gasteiger partial charge in [0.05, 0.1) is 11.6 Å². The maximum atomic E-state index is 12.3. The molecule has 0 bridgehead atoms. The van der Waals surface area contributed by atoms with E-state index in [0.29, 0.717) is 30.5 Å². The van der Waals surface area contributed by atoms with Crippen molar-refractivity contribution in [2.24, 2.45) is 11.8 Å². The lowest BCUT2D eigenvalue weighted by atomic mass is 9.84. The van der Waals surface area contributed by atoms with Gasteiger partial charge in [-0.25, -0.2) is 0 Å². The number of carbonyl (C=O) groups is 1. The molecule has 0 spiro atoms. The van der Waals surface area contributed by atoms with E-state index < -0.39 is 0 Å². The van der Waals surface area contributed by atoms with E-state index in [0.717, 1.165) is 28.9 Å². The minimum atomic E-state index is 0.324. The largest absolute Gasteiger partial charge is 0.496 e. The zero-order valence-corrected chi connectivity index (χ0v) is 14.4. The molecule has 1 N–H and O–H groups in total. The summed E-state index contributed by atoms with van der Waals surface area (Å²) in [6.07, 6.45) is 3.66. The molecule has 1 heterocycles. The number of ether oxygens (including phenoxy) is 1. The van der Waals surface area contributed by atoms with Gasteiger partial charge in [0.25, 0.3) is 0 Å². The molecule has 2 atom stereocenters. The zero-order valence-electron chi connectivity index (χ0n) is 12.8. The van der Waals surface area contributed by atoms with Crippen molar-refractivity contribution >= 4 is 21.7 Å². The van der Waals surface area contributed by atoms with Crippen LogP contribution in [0.1, 0.15) is 31.7 Å². The predicted molar refractivity (Wildman–Crippen MR) is 88.8 cm³/mol. The van der Waals surface area contributed by atoms with Gasteiger partial charge in [-0.3, -0.25) is 4.79 Å². The Morgan fingerprint density at radius 1 is 1.52 bits per heavy atom. The predicted octanol–water partition coefficient (Wildman–Crippen LogP) is 3.60. The van der Waals surface area contributed by atoms with Crippen LogP contribution in [-0.2, 0) is 11.2 Å². The Bertz CT molecular complexity index is 484. The molecule has 3 nitrogen and oxygen atoms in total. The van der Waals surface area contributed by atoms with E-state index in [4.69, 9.17) is 4.74 Å². The fourth-order valence-electron chi connectivity index (χ4n) is 3.01. The number of carbonyl (C=O) groups excluding carboxylic acids is 1. The number of ketones is 1. The summed E-state index contributed by atoms with van der Waals surface area (Å²) in [5.74, 6) is 2.23. The summed E-state index contributed by atoms with van der Waals surface area (Å²) in [5.41, 5.74) is 1.04. The van der Waals surface area contributed by atoms with Crippen LogP contribution in [0.25, 0.3) is 0 Å². The first-order valence-corrected chi connectivity index (χ1v) is 8.44. The molecule has 0 aromatic heterocycles. The van der Waals surface area contributed by atoms with Crippen LogP contribution in [0.3, 0.4) is 0 Å². The number of hydrogen-bond acceptors (Lipinski definition) is 3. The number of halogens is 1. The number of piperidine rings is 1. The molecule has 1 fully saturated rings. The van der Waals surface area contributed by atoms with Gasteiger partial charge < -0.3 is 10.1 Å². The van der Waals surface area contributed by atoms with Crippen LogP contribution in [-0.4, -0.2) is 26.0 Å². The molecule has 0 amide bonds. The van der Waals surface area contributed by atoms with Gasteiger partial charge in [-0.1, -0.05) is 13.0 Å². The molecule has 1 aliphatic rings. The quantitative estimate of drug-likeness (QED) is 0.848. The molecule has 21 heavy (non-hydrogen) atoms. The van der Waals surface area contributed by atoms with E-state index in [2.05, 4.69) is 28.2 Å². The van der Waals surface area contributed by atoms with Crippen molar-refractivity contribution in [3.05, 3.63) is 28.2 Å². The van der Waals surface area contributed by atoms with E-state index in [1.165, 1.54) is 12.8 Å². The van der Waals surface area contributed by atoms with Crippen molar-refractivity contribution in [3.8, 4) is 5.75 Å². The van der Waals surface area contributed by atoms with E-state index in [1.54, 1.807) is 7.11 Å². The highest BCUT2D eigenvalue weighted by molar-refractivity contribution is 9.10. The summed E-state index contributed by atoms with van der Waals surface area (Å²) in [6, 6.07) is 5.85. The number of nitrogens with one attached hydrogen (secondary N) is 1. The van der Waals surface area contributed by atoms with Gasteiger partial charge in [0.2, 0.25) is 0 Å². The Labute approximate surface area is 135 Å². The van der Waals surface area contributed by atoms with Crippen molar-refractivity contribution in [1.82, 2.24) is 5.32 Å². The summed E-state index contributed by atoms with van der Waals surface area (Å²) in [4.78, 5) is 12.3. The molecule has 1 aromatic carbocycles. The lowest BCUT2D eigenvalue weighted by molar-refractivity contribution is -0.119. The smallest absolute Gasteiger partial charge is 0.137 e. The van der Waals surface area contributed by atoms with Gasteiger partial charge in [0.1, 0.15) is 11.5 Å². The van der Waals surface area contributed by atoms with Crippen molar-refractivity contribution < 1.29 is 9.53 Å². The van der Waals surface area contributed by atoms with E-state index >= 15 is 0 Å². The maximum Gasteiger partial charge on any atom is 0.137 e. The normalized spacial score (nSPS) is 20.0. The van der Waals surface area contributed by atoms with E-state index in [-0.39, 0.29) is 0 Å². The highest BCUT2D eigenvalue weighted by Gasteiger charge is 2.22. The number of Topliss-reactive ketones (excluding diaryl/α,β-unsaturated/α-hetero) is 1. The first-order valence-electron chi connectivity index (χ1n) is 7.65. The number of rotatable bonds is 6. The average Bonchev–Trinajstić information content (AvgIpc) is 2.48. The van der Waals surface area contributed by atoms with Gasteiger partial charge >= 0.3 is 0 Å². The summed E-state index contributed by atoms with van der Waals surface area (Å²) in [6.45, 7) is 4.39. The molecule has 1 saturated heterocycles. The topological polar surface area (TPSA) is 38.3 Å². The van der Waals surface area contributed by atoms with Crippen LogP contribution >= 0.6 is 15.9 Å². The molecule has 1 aromatic rings. The molecule has 1 aliphatic heterocycles. The van der Waals surface area contributed by atoms with Gasteiger partial charge in [-0.05, 0) is 71.4 Å². The maximum absolute atomic E-state index is 12.3. The third kappa shape index (κ3) is 4.82. The SMILES string of the molecule is COc1ccc(CC(=O)CC(C)C2CCCNC2)cc1Br. The first-order chi connectivity index (χ1) is 10.1. The monoisotopic (exact) mass is 353 g/mol. The Morgan fingerprint density at radius 2 is 2.33 bits per heavy atom. The van der Waals surface area contributed by atoms with Gasteiger partial charge in [0.15, 0.2) is 0 Å². The molecule has 116 valence electrons. The molecular weight excluding hydrogens is 330 g/mol. The standard InChI is InChI=1S/C17H24BrNO2/c1-12(14-4-3-7-19-11-14)8-15(20)9-13-5-6-17(21-2)16(18)10-13/h5-6,10,12,14,19H,3-4,7-9,11H2,1-2H3. The minimum Gasteiger partial charge on any atom is -0.496 e. The van der Waals surface area contributed by atoms with E-state index in [9.17, 15) is 4.79 Å². The highest BCUT2D eigenvalue weighted by atomic mass is 79.9. The molecule has 0 aliphatic carbocycles. The number of benzene rings is 1. The Hall–Kier alpha value is -0.870. The molecule has 0 radical (unpaired) electrons. The fraction of sp³-hybridized carbons (Fsp3) is 0.588. The van der Waals surface area contributed by atoms with Crippen molar-refractivity contribution in [3.63, 3.8) is 0 Å². The Kier molecular flexibility index (Phi) is 6.24. The Morgan fingerprint density at radius 3 is 2.95 bits per heavy atom. The average molecular weight is 354 g/mol. The highest BCUT2D eigenvalue weighted by Crippen LogP contribution is 2.27. The van der Waals surface area contributed by atoms with Crippen molar-refractivity contribution in [2.45, 2.75) is 32.6 Å². The zero-order chi connectivity index (χ0) is 15.2. The minimum absolute atomic E-state index is 0.324. The summed E-state index contributed by atoms with van der Waals surface area (Å²) in [5, 5.41) is 3.43. The second-order valence-electron chi connectivity index (χ2n) is 5.97. The van der Waals surface area contributed by atoms with Crippen LogP contribution in [0.15, 0.2) is 22.7 Å². The van der Waals surface area contributed by atoms with Crippen LogP contribution in [0.4, 0.5) is 0 Å². The van der Waals surface area contributed by atoms with Crippen LogP contribution in [0.2, 0.25) is 0 Å². The summed E-state index contributed by atoms with van der Waals surface area (Å²) >= 11 is 3.47. The lowest BCUT2D eigenvalue weighted by Crippen LogP contribution is -2.34. The second kappa shape index (κ2) is 7.95. The van der Waals surface area contributed by atoms with Gasteiger partial charge in [-0.2, -0.15) is 0 Å². The van der Waals surface area contributed by atoms with Crippen LogP contribution in [0.5, 0.6) is 5.75 Å². The van der Waals surface area contributed by atoms with Crippen molar-refractivity contribution in [1.29, 1.82) is 0 Å². The van der Waals surface area contributed by atoms with Crippen LogP contribution < -0.4 is 10.1 Å². The molecular formula is C17H24BrNO2. The Balaban J connectivity index is 1.87. The van der Waals surface area contributed by atoms with Crippen LogP contribution in [0, 0.1) is 11.8 Å². The molecule has 4 heteroatoms. The summed E-state index contributed by atoms with van der Waals surface area (Å²) < 4.78 is 6.11. The molecule has 2 unspecified atom stereocenters. The van der Waals surface area contributed by atoms with Gasteiger partial charge in [0, 0.05) is 12.8 Å². The second-order valence-corrected chi connectivity index (χ2v) is 6.83. The van der Waals surface area contributed by atoms with Gasteiger partial charge in [-0.15, -0.1) is 0 Å². The fourth-order valence-corrected chi connectivity index (χ4v) is 3.60. The number of methoxy groups -OCH3 is 1. The molecule has 0 saturated carbocycles. The van der Waals surface area contributed by atoms with Crippen molar-refractivity contribution in [2.75, 3.05) is 20.2 Å². The first kappa shape index (κ1) is 16.5. The summed E-state index contributed by atoms with van der Waals surface area (Å²) in [7, 11) is 1.64. The third-order valence-electron chi connectivity index (χ3n) is 4.31. The third-order valence-corrected chi connectivity index (χ3v) is 4.93.